The van der Waals surface area contributed by atoms with Crippen LogP contribution in [0.25, 0.3) is 21.8 Å². The highest BCUT2D eigenvalue weighted by atomic mass is 32.2. The van der Waals surface area contributed by atoms with E-state index in [0.717, 1.165) is 20.9 Å². The van der Waals surface area contributed by atoms with Crippen molar-refractivity contribution in [1.29, 1.82) is 0 Å². The fourth-order valence-corrected chi connectivity index (χ4v) is 5.26. The van der Waals surface area contributed by atoms with Crippen molar-refractivity contribution in [3.8, 4) is 0 Å². The van der Waals surface area contributed by atoms with Gasteiger partial charge in [-0.15, -0.1) is 11.8 Å². The Balaban J connectivity index is 1.85. The molecule has 0 bridgehead atoms. The molecule has 4 rings (SSSR count). The molecule has 0 aliphatic carbocycles. The molecule has 8 nitrogen and oxygen atoms in total. The van der Waals surface area contributed by atoms with Gasteiger partial charge < -0.3 is 4.74 Å². The standard InChI is InChI=1S/C26H30N4O4S/c1-17(2)15-29-23-22(24(32)28(3)26(29)33)25(35-14-8-13-21(31)34-4)30(27-23)16-19-11-7-10-18-9-5-6-12-20(18)19/h5-7,9-12,17H,8,13-16H2,1-4H3. The second-order valence-corrected chi connectivity index (χ2v) is 10.1. The monoisotopic (exact) mass is 494 g/mol. The zero-order valence-corrected chi connectivity index (χ0v) is 21.3. The van der Waals surface area contributed by atoms with Gasteiger partial charge in [-0.25, -0.2) is 4.79 Å². The molecule has 0 atom stereocenters. The Hall–Kier alpha value is -3.33. The highest BCUT2D eigenvalue weighted by Crippen LogP contribution is 2.29. The molecule has 0 aliphatic heterocycles. The molecule has 4 aromatic rings. The summed E-state index contributed by atoms with van der Waals surface area (Å²) in [6.45, 7) is 4.97. The predicted molar refractivity (Wildman–Crippen MR) is 139 cm³/mol. The Morgan fingerprint density at radius 2 is 1.86 bits per heavy atom. The molecule has 2 aromatic carbocycles. The Kier molecular flexibility index (Phi) is 7.45. The SMILES string of the molecule is COC(=O)CCCSc1c2c(=O)n(C)c(=O)n(CC(C)C)c2nn1Cc1cccc2ccccc12. The first-order valence-corrected chi connectivity index (χ1v) is 12.7. The molecule has 0 N–H and O–H groups in total. The van der Waals surface area contributed by atoms with E-state index < -0.39 is 0 Å². The number of carbonyl (C=O) groups is 1. The number of ether oxygens (including phenoxy) is 1. The molecule has 2 heterocycles. The third-order valence-electron chi connectivity index (χ3n) is 5.92. The lowest BCUT2D eigenvalue weighted by Gasteiger charge is -2.11. The van der Waals surface area contributed by atoms with Crippen molar-refractivity contribution in [3.05, 3.63) is 68.9 Å². The molecule has 184 valence electrons. The summed E-state index contributed by atoms with van der Waals surface area (Å²) in [5.41, 5.74) is 0.752. The molecule has 0 spiro atoms. The Labute approximate surface area is 207 Å². The number of hydrogen-bond donors (Lipinski definition) is 0. The maximum Gasteiger partial charge on any atom is 0.332 e. The summed E-state index contributed by atoms with van der Waals surface area (Å²) in [7, 11) is 2.88. The number of carbonyl (C=O) groups excluding carboxylic acids is 1. The molecule has 0 radical (unpaired) electrons. The zero-order valence-electron chi connectivity index (χ0n) is 20.5. The summed E-state index contributed by atoms with van der Waals surface area (Å²) >= 11 is 1.48. The van der Waals surface area contributed by atoms with Crippen molar-refractivity contribution in [2.75, 3.05) is 12.9 Å². The van der Waals surface area contributed by atoms with Gasteiger partial charge in [0.2, 0.25) is 0 Å². The maximum absolute atomic E-state index is 13.3. The molecular weight excluding hydrogens is 464 g/mol. The normalized spacial score (nSPS) is 11.6. The van der Waals surface area contributed by atoms with E-state index >= 15 is 0 Å². The molecule has 0 fully saturated rings. The summed E-state index contributed by atoms with van der Waals surface area (Å²) in [4.78, 5) is 37.8. The second-order valence-electron chi connectivity index (χ2n) is 8.98. The Morgan fingerprint density at radius 1 is 1.11 bits per heavy atom. The van der Waals surface area contributed by atoms with Crippen LogP contribution in [-0.4, -0.2) is 37.7 Å². The largest absolute Gasteiger partial charge is 0.469 e. The molecule has 0 aliphatic rings. The van der Waals surface area contributed by atoms with Gasteiger partial charge in [-0.1, -0.05) is 56.3 Å². The number of rotatable bonds is 9. The van der Waals surface area contributed by atoms with Crippen LogP contribution in [0.2, 0.25) is 0 Å². The van der Waals surface area contributed by atoms with Crippen molar-refractivity contribution >= 4 is 39.5 Å². The molecule has 0 unspecified atom stereocenters. The fraction of sp³-hybridized carbons (Fsp3) is 0.385. The summed E-state index contributed by atoms with van der Waals surface area (Å²) in [6.07, 6.45) is 0.902. The topological polar surface area (TPSA) is 88.1 Å². The van der Waals surface area contributed by atoms with E-state index in [9.17, 15) is 14.4 Å². The van der Waals surface area contributed by atoms with Gasteiger partial charge in [0.15, 0.2) is 5.65 Å². The van der Waals surface area contributed by atoms with Crippen molar-refractivity contribution < 1.29 is 9.53 Å². The number of hydrogen-bond acceptors (Lipinski definition) is 6. The fourth-order valence-electron chi connectivity index (χ4n) is 4.20. The smallest absolute Gasteiger partial charge is 0.332 e. The van der Waals surface area contributed by atoms with Gasteiger partial charge >= 0.3 is 11.7 Å². The summed E-state index contributed by atoms with van der Waals surface area (Å²) in [6, 6.07) is 14.3. The number of aromatic nitrogens is 4. The van der Waals surface area contributed by atoms with Crippen LogP contribution in [-0.2, 0) is 29.7 Å². The molecule has 0 amide bonds. The molecule has 9 heteroatoms. The summed E-state index contributed by atoms with van der Waals surface area (Å²) in [5.74, 6) is 0.548. The number of methoxy groups -OCH3 is 1. The van der Waals surface area contributed by atoms with E-state index in [1.165, 1.54) is 25.9 Å². The van der Waals surface area contributed by atoms with Crippen molar-refractivity contribution in [1.82, 2.24) is 18.9 Å². The number of nitrogens with zero attached hydrogens (tertiary/aromatic N) is 4. The quantitative estimate of drug-likeness (QED) is 0.200. The van der Waals surface area contributed by atoms with E-state index in [-0.39, 0.29) is 23.1 Å². The average Bonchev–Trinajstić information content (AvgIpc) is 3.20. The number of fused-ring (bicyclic) bond motifs is 2. The van der Waals surface area contributed by atoms with E-state index in [2.05, 4.69) is 24.3 Å². The van der Waals surface area contributed by atoms with Gasteiger partial charge in [-0.2, -0.15) is 5.10 Å². The zero-order chi connectivity index (χ0) is 25.1. The molecule has 2 aromatic heterocycles. The van der Waals surface area contributed by atoms with Gasteiger partial charge in [0.05, 0.1) is 13.7 Å². The maximum atomic E-state index is 13.3. The average molecular weight is 495 g/mol. The second kappa shape index (κ2) is 10.5. The van der Waals surface area contributed by atoms with E-state index in [0.29, 0.717) is 47.7 Å². The van der Waals surface area contributed by atoms with E-state index in [4.69, 9.17) is 9.84 Å². The highest BCUT2D eigenvalue weighted by molar-refractivity contribution is 7.99. The van der Waals surface area contributed by atoms with Crippen molar-refractivity contribution in [2.24, 2.45) is 13.0 Å². The number of benzene rings is 2. The van der Waals surface area contributed by atoms with Gasteiger partial charge in [0.1, 0.15) is 10.4 Å². The lowest BCUT2D eigenvalue weighted by molar-refractivity contribution is -0.140. The minimum Gasteiger partial charge on any atom is -0.469 e. The van der Waals surface area contributed by atoms with Crippen molar-refractivity contribution in [2.45, 2.75) is 44.8 Å². The van der Waals surface area contributed by atoms with Crippen LogP contribution < -0.4 is 11.2 Å². The number of esters is 1. The van der Waals surface area contributed by atoms with Crippen LogP contribution >= 0.6 is 11.8 Å². The first kappa shape index (κ1) is 24.8. The van der Waals surface area contributed by atoms with E-state index in [1.807, 2.05) is 36.7 Å². The molecule has 0 saturated heterocycles. The Bertz CT molecular complexity index is 1490. The molecule has 0 saturated carbocycles. The summed E-state index contributed by atoms with van der Waals surface area (Å²) < 4.78 is 9.33. The van der Waals surface area contributed by atoms with Crippen LogP contribution in [0.1, 0.15) is 32.3 Å². The van der Waals surface area contributed by atoms with Crippen LogP contribution in [0.3, 0.4) is 0 Å². The van der Waals surface area contributed by atoms with Gasteiger partial charge in [0, 0.05) is 25.8 Å². The number of thioether (sulfide) groups is 1. The molecular formula is C26H30N4O4S. The lowest BCUT2D eigenvalue weighted by atomic mass is 10.0. The minimum absolute atomic E-state index is 0.202. The predicted octanol–water partition coefficient (Wildman–Crippen LogP) is 3.80. The van der Waals surface area contributed by atoms with E-state index in [1.54, 1.807) is 4.57 Å². The Morgan fingerprint density at radius 3 is 2.60 bits per heavy atom. The third-order valence-corrected chi connectivity index (χ3v) is 7.10. The van der Waals surface area contributed by atoms with Crippen molar-refractivity contribution in [3.63, 3.8) is 0 Å². The third kappa shape index (κ3) is 5.05. The van der Waals surface area contributed by atoms with Gasteiger partial charge in [-0.3, -0.25) is 23.4 Å². The first-order valence-electron chi connectivity index (χ1n) is 11.7. The van der Waals surface area contributed by atoms with Crippen LogP contribution in [0, 0.1) is 5.92 Å². The summed E-state index contributed by atoms with van der Waals surface area (Å²) in [5, 5.41) is 8.20. The highest BCUT2D eigenvalue weighted by Gasteiger charge is 2.22. The van der Waals surface area contributed by atoms with Gasteiger partial charge in [0.25, 0.3) is 5.56 Å². The molecule has 35 heavy (non-hydrogen) atoms. The van der Waals surface area contributed by atoms with Crippen LogP contribution in [0.15, 0.2) is 57.1 Å². The van der Waals surface area contributed by atoms with Crippen LogP contribution in [0.5, 0.6) is 0 Å². The lowest BCUT2D eigenvalue weighted by Crippen LogP contribution is -2.38. The van der Waals surface area contributed by atoms with Gasteiger partial charge in [-0.05, 0) is 28.7 Å². The minimum atomic E-state index is -0.367. The van der Waals surface area contributed by atoms with Crippen LogP contribution in [0.4, 0.5) is 0 Å². The first-order chi connectivity index (χ1) is 16.8.